The fraction of sp³-hybridized carbons (Fsp3) is 0.279. The van der Waals surface area contributed by atoms with Crippen molar-refractivity contribution >= 4 is 21.5 Å². The molecule has 0 heterocycles. The summed E-state index contributed by atoms with van der Waals surface area (Å²) in [5.74, 6) is 0. The molecule has 0 aromatic heterocycles. The number of rotatable bonds is 2. The van der Waals surface area contributed by atoms with E-state index in [4.69, 9.17) is 0 Å². The predicted molar refractivity (Wildman–Crippen MR) is 282 cm³/mol. The number of hydrogen-bond acceptors (Lipinski definition) is 0. The average molecular weight is 813 g/mol. The van der Waals surface area contributed by atoms with Gasteiger partial charge in [-0.15, -0.1) is 0 Å². The zero-order valence-corrected chi connectivity index (χ0v) is 40.6. The van der Waals surface area contributed by atoms with Crippen LogP contribution in [0.3, 0.4) is 0 Å². The number of benzene rings is 8. The van der Waals surface area contributed by atoms with E-state index in [2.05, 4.69) is 185 Å². The van der Waals surface area contributed by atoms with Crippen LogP contribution in [0.1, 0.15) is 121 Å². The van der Waals surface area contributed by atoms with E-state index < -0.39 is 0 Å². The highest BCUT2D eigenvalue weighted by atomic mass is 14.2. The van der Waals surface area contributed by atoms with E-state index in [-0.39, 0.29) is 0 Å². The Labute approximate surface area is 374 Å². The fourth-order valence-corrected chi connectivity index (χ4v) is 6.42. The van der Waals surface area contributed by atoms with Crippen LogP contribution < -0.4 is 0 Å². The molecule has 8 aromatic carbocycles. The summed E-state index contributed by atoms with van der Waals surface area (Å²) < 4.78 is 0. The second-order valence-electron chi connectivity index (χ2n) is 12.6. The van der Waals surface area contributed by atoms with E-state index in [1.54, 1.807) is 0 Å². The van der Waals surface area contributed by atoms with Gasteiger partial charge in [0.15, 0.2) is 0 Å². The summed E-state index contributed by atoms with van der Waals surface area (Å²) >= 11 is 0. The van der Waals surface area contributed by atoms with Gasteiger partial charge in [-0.3, -0.25) is 0 Å². The van der Waals surface area contributed by atoms with Crippen molar-refractivity contribution in [1.82, 2.24) is 0 Å². The highest BCUT2D eigenvalue weighted by Crippen LogP contribution is 2.43. The SMILES string of the molecule is CC.CC.CC.CC.CC.CCC.CCC.c1ccc(-c2c3ccccc3c(-c3ccccc3)c3ccccc23)cc1.c1ccc2c(c1)Cc1ccccc1-2.c1ccccc1. The largest absolute Gasteiger partial charge is 0.0683 e. The molecule has 1 aliphatic carbocycles. The molecule has 0 unspecified atom stereocenters. The molecule has 0 amide bonds. The summed E-state index contributed by atoms with van der Waals surface area (Å²) in [6.07, 6.45) is 3.60. The first-order chi connectivity index (χ1) is 30.2. The Kier molecular flexibility index (Phi) is 32.8. The van der Waals surface area contributed by atoms with Crippen LogP contribution in [0.2, 0.25) is 0 Å². The van der Waals surface area contributed by atoms with Crippen molar-refractivity contribution in [3.8, 4) is 33.4 Å². The first kappa shape index (κ1) is 55.3. The van der Waals surface area contributed by atoms with E-state index in [0.29, 0.717) is 0 Å². The Balaban J connectivity index is 0.000000859. The molecule has 324 valence electrons. The molecule has 9 rings (SSSR count). The lowest BCUT2D eigenvalue weighted by molar-refractivity contribution is 1.09. The Morgan fingerprint density at radius 2 is 0.459 bits per heavy atom. The topological polar surface area (TPSA) is 0 Å². The second-order valence-corrected chi connectivity index (χ2v) is 12.6. The molecule has 0 fully saturated rings. The minimum atomic E-state index is 1.10. The molecule has 8 aromatic rings. The lowest BCUT2D eigenvalue weighted by Crippen LogP contribution is -1.90. The molecular formula is C61H80. The normalized spacial score (nSPS) is 9.21. The third-order valence-electron chi connectivity index (χ3n) is 8.43. The van der Waals surface area contributed by atoms with Crippen LogP contribution in [0.4, 0.5) is 0 Å². The molecule has 61 heavy (non-hydrogen) atoms. The van der Waals surface area contributed by atoms with Crippen molar-refractivity contribution in [2.75, 3.05) is 0 Å². The number of fused-ring (bicyclic) bond motifs is 5. The van der Waals surface area contributed by atoms with E-state index in [9.17, 15) is 0 Å². The van der Waals surface area contributed by atoms with Gasteiger partial charge in [-0.25, -0.2) is 0 Å². The minimum Gasteiger partial charge on any atom is -0.0683 e. The molecule has 0 bridgehead atoms. The van der Waals surface area contributed by atoms with Crippen LogP contribution in [0, 0.1) is 0 Å². The monoisotopic (exact) mass is 813 g/mol. The number of hydrogen-bond donors (Lipinski definition) is 0. The lowest BCUT2D eigenvalue weighted by Gasteiger charge is -2.17. The van der Waals surface area contributed by atoms with Crippen molar-refractivity contribution < 1.29 is 0 Å². The highest BCUT2D eigenvalue weighted by molar-refractivity contribution is 6.21. The van der Waals surface area contributed by atoms with Crippen molar-refractivity contribution in [3.05, 3.63) is 205 Å². The van der Waals surface area contributed by atoms with Crippen LogP contribution in [-0.2, 0) is 6.42 Å². The van der Waals surface area contributed by atoms with Crippen molar-refractivity contribution in [3.63, 3.8) is 0 Å². The van der Waals surface area contributed by atoms with Gasteiger partial charge in [-0.1, -0.05) is 304 Å². The van der Waals surface area contributed by atoms with Gasteiger partial charge < -0.3 is 0 Å². The Hall–Kier alpha value is -5.72. The zero-order valence-electron chi connectivity index (χ0n) is 40.6. The van der Waals surface area contributed by atoms with Gasteiger partial charge in [0, 0.05) is 0 Å². The summed E-state index contributed by atoms with van der Waals surface area (Å²) in [6, 6.07) is 68.3. The summed E-state index contributed by atoms with van der Waals surface area (Å²) in [5.41, 5.74) is 10.9. The maximum absolute atomic E-state index is 2.25. The summed E-state index contributed by atoms with van der Waals surface area (Å²) in [4.78, 5) is 0. The first-order valence-corrected chi connectivity index (χ1v) is 23.4. The van der Waals surface area contributed by atoms with Gasteiger partial charge in [0.1, 0.15) is 0 Å². The molecule has 0 N–H and O–H groups in total. The van der Waals surface area contributed by atoms with Crippen LogP contribution in [0.25, 0.3) is 54.9 Å². The molecule has 0 atom stereocenters. The highest BCUT2D eigenvalue weighted by Gasteiger charge is 2.17. The Bertz CT molecular complexity index is 1970. The fourth-order valence-electron chi connectivity index (χ4n) is 6.42. The molecule has 0 heteroatoms. The molecule has 0 saturated heterocycles. The van der Waals surface area contributed by atoms with Gasteiger partial charge in [-0.2, -0.15) is 0 Å². The van der Waals surface area contributed by atoms with E-state index >= 15 is 0 Å². The molecular weight excluding hydrogens is 733 g/mol. The van der Waals surface area contributed by atoms with Gasteiger partial charge >= 0.3 is 0 Å². The standard InChI is InChI=1S/C26H18.C13H10.C6H6.2C3H8.5C2H6/c1-3-11-19(12-4-1)25-21-15-7-9-17-23(21)26(20-13-5-2-6-14-20)24-18-10-8-16-22(24)25;1-3-7-12-10(5-1)9-11-6-2-4-8-13(11)12;1-2-4-6-5-3-1;2*1-3-2;5*1-2/h1-18H;1-8H,9H2;1-6H;2*3H2,1-2H3;5*1-2H3. The molecule has 0 saturated carbocycles. The molecule has 0 aliphatic heterocycles. The second kappa shape index (κ2) is 36.2. The molecule has 0 radical (unpaired) electrons. The van der Waals surface area contributed by atoms with E-state index in [1.165, 1.54) is 78.9 Å². The third kappa shape index (κ3) is 17.4. The van der Waals surface area contributed by atoms with Gasteiger partial charge in [-0.05, 0) is 72.5 Å². The Morgan fingerprint density at radius 1 is 0.262 bits per heavy atom. The molecule has 0 nitrogen and oxygen atoms in total. The van der Waals surface area contributed by atoms with Crippen LogP contribution in [0.15, 0.2) is 194 Å². The van der Waals surface area contributed by atoms with Crippen molar-refractivity contribution in [1.29, 1.82) is 0 Å². The van der Waals surface area contributed by atoms with Gasteiger partial charge in [0.2, 0.25) is 0 Å². The minimum absolute atomic E-state index is 1.10. The maximum Gasteiger partial charge on any atom is -0.00135 e. The quantitative estimate of drug-likeness (QED) is 0.153. The van der Waals surface area contributed by atoms with Gasteiger partial charge in [0.05, 0.1) is 0 Å². The summed E-state index contributed by atoms with van der Waals surface area (Å²) in [7, 11) is 0. The van der Waals surface area contributed by atoms with Crippen molar-refractivity contribution in [2.45, 2.75) is 116 Å². The molecule has 0 spiro atoms. The predicted octanol–water partition coefficient (Wildman–Crippen LogP) is 20.2. The lowest BCUT2D eigenvalue weighted by atomic mass is 9.86. The van der Waals surface area contributed by atoms with Gasteiger partial charge in [0.25, 0.3) is 0 Å². The van der Waals surface area contributed by atoms with Crippen LogP contribution in [0.5, 0.6) is 0 Å². The maximum atomic E-state index is 2.25. The van der Waals surface area contributed by atoms with E-state index in [0.717, 1.165) is 6.42 Å². The van der Waals surface area contributed by atoms with E-state index in [1.807, 2.05) is 106 Å². The molecule has 1 aliphatic rings. The smallest absolute Gasteiger partial charge is 0.00135 e. The zero-order chi connectivity index (χ0) is 45.7. The summed E-state index contributed by atoms with van der Waals surface area (Å²) in [5, 5.41) is 5.21. The average Bonchev–Trinajstić information content (AvgIpc) is 3.75. The van der Waals surface area contributed by atoms with Crippen LogP contribution in [-0.4, -0.2) is 0 Å². The summed E-state index contributed by atoms with van der Waals surface area (Å²) in [6.45, 7) is 28.5. The Morgan fingerprint density at radius 3 is 0.721 bits per heavy atom. The third-order valence-corrected chi connectivity index (χ3v) is 8.43. The van der Waals surface area contributed by atoms with Crippen LogP contribution >= 0.6 is 0 Å². The first-order valence-electron chi connectivity index (χ1n) is 23.4. The van der Waals surface area contributed by atoms with Crippen molar-refractivity contribution in [2.24, 2.45) is 0 Å².